The highest BCUT2D eigenvalue weighted by Gasteiger charge is 2.18. The van der Waals surface area contributed by atoms with Crippen molar-refractivity contribution in [3.63, 3.8) is 0 Å². The lowest BCUT2D eigenvalue weighted by Crippen LogP contribution is -2.26. The van der Waals surface area contributed by atoms with Crippen LogP contribution in [0.2, 0.25) is 0 Å². The normalized spacial score (nSPS) is 14.5. The largest absolute Gasteiger partial charge is 0.480 e. The molecule has 0 spiro atoms. The first-order chi connectivity index (χ1) is 10.6. The molecule has 0 bridgehead atoms. The van der Waals surface area contributed by atoms with Crippen LogP contribution in [0, 0.1) is 6.92 Å². The molecule has 5 nitrogen and oxygen atoms in total. The highest BCUT2D eigenvalue weighted by atomic mass is 16.4. The molecule has 3 rings (SSSR count). The summed E-state index contributed by atoms with van der Waals surface area (Å²) in [6.07, 6.45) is 2.46. The second-order valence-corrected chi connectivity index (χ2v) is 5.90. The van der Waals surface area contributed by atoms with Crippen LogP contribution in [0.25, 0.3) is 10.8 Å². The first-order valence-corrected chi connectivity index (χ1v) is 7.64. The predicted molar refractivity (Wildman–Crippen MR) is 88.8 cm³/mol. The van der Waals surface area contributed by atoms with Crippen molar-refractivity contribution in [3.05, 3.63) is 30.0 Å². The molecule has 22 heavy (non-hydrogen) atoms. The van der Waals surface area contributed by atoms with Gasteiger partial charge in [-0.3, -0.25) is 4.79 Å². The molecule has 1 aliphatic rings. The van der Waals surface area contributed by atoms with Crippen LogP contribution in [0.5, 0.6) is 0 Å². The summed E-state index contributed by atoms with van der Waals surface area (Å²) in [5.41, 5.74) is 2.14. The fourth-order valence-corrected chi connectivity index (χ4v) is 3.17. The number of carboxylic acids is 1. The van der Waals surface area contributed by atoms with E-state index in [2.05, 4.69) is 22.0 Å². The minimum absolute atomic E-state index is 0.0561. The summed E-state index contributed by atoms with van der Waals surface area (Å²) < 4.78 is 0. The number of hydrogen-bond donors (Lipinski definition) is 1. The number of benzene rings is 1. The zero-order valence-corrected chi connectivity index (χ0v) is 13.0. The number of nitrogens with zero attached hydrogens (tertiary/aromatic N) is 3. The van der Waals surface area contributed by atoms with E-state index >= 15 is 0 Å². The zero-order chi connectivity index (χ0) is 15.7. The number of likely N-dealkylation sites (N-methyl/N-ethyl adjacent to an activating group) is 1. The van der Waals surface area contributed by atoms with Crippen molar-refractivity contribution in [3.8, 4) is 0 Å². The highest BCUT2D eigenvalue weighted by molar-refractivity contribution is 6.01. The van der Waals surface area contributed by atoms with Crippen LogP contribution < -0.4 is 9.80 Å². The third-order valence-corrected chi connectivity index (χ3v) is 4.14. The van der Waals surface area contributed by atoms with E-state index in [4.69, 9.17) is 5.11 Å². The molecule has 1 fully saturated rings. The number of anilines is 2. The quantitative estimate of drug-likeness (QED) is 0.940. The van der Waals surface area contributed by atoms with Gasteiger partial charge in [0.25, 0.3) is 0 Å². The number of aromatic nitrogens is 1. The molecule has 0 amide bonds. The van der Waals surface area contributed by atoms with Crippen LogP contribution in [-0.4, -0.2) is 42.7 Å². The maximum absolute atomic E-state index is 11.0. The van der Waals surface area contributed by atoms with Gasteiger partial charge in [-0.2, -0.15) is 0 Å². The smallest absolute Gasteiger partial charge is 0.323 e. The van der Waals surface area contributed by atoms with E-state index in [-0.39, 0.29) is 6.54 Å². The molecule has 1 N–H and O–H groups in total. The highest BCUT2D eigenvalue weighted by Crippen LogP contribution is 2.34. The lowest BCUT2D eigenvalue weighted by Gasteiger charge is -2.23. The van der Waals surface area contributed by atoms with Crippen LogP contribution in [-0.2, 0) is 4.79 Å². The van der Waals surface area contributed by atoms with Crippen LogP contribution in [0.3, 0.4) is 0 Å². The monoisotopic (exact) mass is 299 g/mol. The van der Waals surface area contributed by atoms with Crippen LogP contribution in [0.1, 0.15) is 18.5 Å². The average Bonchev–Trinajstić information content (AvgIpc) is 2.99. The molecule has 116 valence electrons. The van der Waals surface area contributed by atoms with Crippen LogP contribution >= 0.6 is 0 Å². The number of aliphatic carboxylic acids is 1. The SMILES string of the molecule is Cc1cc2c(N3CCCC3)cccc2c(N(C)CC(=O)O)n1. The molecule has 1 saturated heterocycles. The Morgan fingerprint density at radius 2 is 2.05 bits per heavy atom. The van der Waals surface area contributed by atoms with Crippen molar-refractivity contribution in [2.45, 2.75) is 19.8 Å². The number of pyridine rings is 1. The van der Waals surface area contributed by atoms with E-state index < -0.39 is 5.97 Å². The van der Waals surface area contributed by atoms with E-state index in [0.29, 0.717) is 0 Å². The average molecular weight is 299 g/mol. The third kappa shape index (κ3) is 2.71. The van der Waals surface area contributed by atoms with E-state index in [1.165, 1.54) is 18.5 Å². The van der Waals surface area contributed by atoms with Crippen LogP contribution in [0.4, 0.5) is 11.5 Å². The Bertz CT molecular complexity index is 708. The van der Waals surface area contributed by atoms with Gasteiger partial charge in [0.05, 0.1) is 0 Å². The molecule has 0 saturated carbocycles. The number of hydrogen-bond acceptors (Lipinski definition) is 4. The fraction of sp³-hybridized carbons (Fsp3) is 0.412. The summed E-state index contributed by atoms with van der Waals surface area (Å²) in [6, 6.07) is 8.30. The Labute approximate surface area is 130 Å². The Kier molecular flexibility index (Phi) is 3.88. The number of rotatable bonds is 4. The summed E-state index contributed by atoms with van der Waals surface area (Å²) in [7, 11) is 1.78. The van der Waals surface area contributed by atoms with Crippen molar-refractivity contribution in [1.82, 2.24) is 4.98 Å². The topological polar surface area (TPSA) is 56.7 Å². The molecule has 0 radical (unpaired) electrons. The minimum atomic E-state index is -0.852. The predicted octanol–water partition coefficient (Wildman–Crippen LogP) is 2.66. The molecule has 2 aromatic rings. The van der Waals surface area contributed by atoms with E-state index in [0.717, 1.165) is 35.4 Å². The zero-order valence-electron chi connectivity index (χ0n) is 13.0. The van der Waals surface area contributed by atoms with Gasteiger partial charge in [0, 0.05) is 42.3 Å². The van der Waals surface area contributed by atoms with E-state index in [9.17, 15) is 4.79 Å². The van der Waals surface area contributed by atoms with Crippen molar-refractivity contribution in [2.24, 2.45) is 0 Å². The van der Waals surface area contributed by atoms with E-state index in [1.54, 1.807) is 11.9 Å². The first kappa shape index (κ1) is 14.6. The maximum Gasteiger partial charge on any atom is 0.323 e. The minimum Gasteiger partial charge on any atom is -0.480 e. The number of carbonyl (C=O) groups is 1. The molecule has 0 unspecified atom stereocenters. The van der Waals surface area contributed by atoms with Gasteiger partial charge in [-0.25, -0.2) is 4.98 Å². The van der Waals surface area contributed by atoms with Crippen LogP contribution in [0.15, 0.2) is 24.3 Å². The number of carboxylic acid groups (broad SMARTS) is 1. The standard InChI is InChI=1S/C17H21N3O2/c1-12-10-14-13(17(18-12)19(2)11-16(21)22)6-5-7-15(14)20-8-3-4-9-20/h5-7,10H,3-4,8-9,11H2,1-2H3,(H,21,22). The van der Waals surface area contributed by atoms with Gasteiger partial charge < -0.3 is 14.9 Å². The lowest BCUT2D eigenvalue weighted by atomic mass is 10.1. The second-order valence-electron chi connectivity index (χ2n) is 5.90. The first-order valence-electron chi connectivity index (χ1n) is 7.64. The summed E-state index contributed by atoms with van der Waals surface area (Å²) in [4.78, 5) is 19.7. The Hall–Kier alpha value is -2.30. The molecule has 0 aliphatic carbocycles. The van der Waals surface area contributed by atoms with Crippen molar-refractivity contribution >= 4 is 28.2 Å². The summed E-state index contributed by atoms with van der Waals surface area (Å²) in [5.74, 6) is -0.117. The van der Waals surface area contributed by atoms with Gasteiger partial charge in [0.2, 0.25) is 0 Å². The molecule has 1 aromatic heterocycles. The Morgan fingerprint density at radius 3 is 2.73 bits per heavy atom. The number of aryl methyl sites for hydroxylation is 1. The van der Waals surface area contributed by atoms with Gasteiger partial charge in [0.15, 0.2) is 0 Å². The fourth-order valence-electron chi connectivity index (χ4n) is 3.17. The molecule has 2 heterocycles. The Morgan fingerprint density at radius 1 is 1.32 bits per heavy atom. The van der Waals surface area contributed by atoms with Gasteiger partial charge in [-0.05, 0) is 31.9 Å². The van der Waals surface area contributed by atoms with Crippen molar-refractivity contribution in [2.75, 3.05) is 36.5 Å². The van der Waals surface area contributed by atoms with Crippen molar-refractivity contribution in [1.29, 1.82) is 0 Å². The lowest BCUT2D eigenvalue weighted by molar-refractivity contribution is -0.135. The van der Waals surface area contributed by atoms with Gasteiger partial charge >= 0.3 is 5.97 Å². The maximum atomic E-state index is 11.0. The molecule has 0 atom stereocenters. The molecular weight excluding hydrogens is 278 g/mol. The van der Waals surface area contributed by atoms with Gasteiger partial charge in [-0.1, -0.05) is 12.1 Å². The van der Waals surface area contributed by atoms with E-state index in [1.807, 2.05) is 19.1 Å². The van der Waals surface area contributed by atoms with Gasteiger partial charge in [0.1, 0.15) is 12.4 Å². The summed E-state index contributed by atoms with van der Waals surface area (Å²) in [6.45, 7) is 4.07. The second kappa shape index (κ2) is 5.83. The molecule has 1 aromatic carbocycles. The summed E-state index contributed by atoms with van der Waals surface area (Å²) in [5, 5.41) is 11.2. The molecular formula is C17H21N3O2. The Balaban J connectivity index is 2.13. The molecule has 5 heteroatoms. The number of fused-ring (bicyclic) bond motifs is 1. The third-order valence-electron chi connectivity index (χ3n) is 4.14. The van der Waals surface area contributed by atoms with Crippen molar-refractivity contribution < 1.29 is 9.90 Å². The summed E-state index contributed by atoms with van der Waals surface area (Å²) >= 11 is 0. The van der Waals surface area contributed by atoms with Gasteiger partial charge in [-0.15, -0.1) is 0 Å². The molecule has 1 aliphatic heterocycles.